The van der Waals surface area contributed by atoms with Crippen molar-refractivity contribution in [2.75, 3.05) is 6.54 Å². The number of aryl methyl sites for hydroxylation is 2. The largest absolute Gasteiger partial charge is 0.340 e. The molecule has 6 heteroatoms. The van der Waals surface area contributed by atoms with Gasteiger partial charge in [-0.25, -0.2) is 0 Å². The Kier molecular flexibility index (Phi) is 5.52. The molecule has 1 saturated heterocycles. The Hall–Kier alpha value is -3.41. The third-order valence-corrected chi connectivity index (χ3v) is 6.60. The van der Waals surface area contributed by atoms with Gasteiger partial charge in [0.05, 0.1) is 17.9 Å². The van der Waals surface area contributed by atoms with Gasteiger partial charge < -0.3 is 4.90 Å². The van der Waals surface area contributed by atoms with Gasteiger partial charge in [-0.05, 0) is 55.9 Å². The van der Waals surface area contributed by atoms with E-state index in [0.29, 0.717) is 12.3 Å². The molecule has 6 nitrogen and oxygen atoms in total. The number of aromatic amines is 1. The molecule has 2 aromatic heterocycles. The monoisotopic (exact) mass is 427 g/mol. The summed E-state index contributed by atoms with van der Waals surface area (Å²) in [6, 6.07) is 15.1. The number of nitrogens with one attached hydrogen (secondary N) is 1. The second-order valence-electron chi connectivity index (χ2n) is 9.07. The van der Waals surface area contributed by atoms with Crippen molar-refractivity contribution in [1.29, 1.82) is 0 Å². The number of carbonyl (C=O) groups is 1. The highest BCUT2D eigenvalue weighted by Gasteiger charge is 2.32. The number of hydrogen-bond donors (Lipinski definition) is 1. The molecular weight excluding hydrogens is 398 g/mol. The molecule has 1 fully saturated rings. The first-order valence-corrected chi connectivity index (χ1v) is 11.4. The van der Waals surface area contributed by atoms with E-state index >= 15 is 0 Å². The molecule has 1 aliphatic heterocycles. The van der Waals surface area contributed by atoms with Gasteiger partial charge in [-0.1, -0.05) is 35.9 Å². The number of aromatic nitrogens is 4. The molecule has 0 saturated carbocycles. The summed E-state index contributed by atoms with van der Waals surface area (Å²) in [6.07, 6.45) is 8.05. The summed E-state index contributed by atoms with van der Waals surface area (Å²) < 4.78 is 2.09. The number of nitrogens with zero attached hydrogens (tertiary/aromatic N) is 4. The second-order valence-corrected chi connectivity index (χ2v) is 9.07. The van der Waals surface area contributed by atoms with Crippen LogP contribution in [0, 0.1) is 12.8 Å². The molecule has 164 valence electrons. The van der Waals surface area contributed by atoms with Crippen LogP contribution in [-0.4, -0.2) is 43.4 Å². The summed E-state index contributed by atoms with van der Waals surface area (Å²) in [5, 5.41) is 12.7. The van der Waals surface area contributed by atoms with E-state index in [0.717, 1.165) is 48.0 Å². The summed E-state index contributed by atoms with van der Waals surface area (Å²) in [5.41, 5.74) is 5.82. The predicted molar refractivity (Wildman–Crippen MR) is 126 cm³/mol. The van der Waals surface area contributed by atoms with Crippen LogP contribution in [0.5, 0.6) is 0 Å². The average Bonchev–Trinajstić information content (AvgIpc) is 3.53. The topological polar surface area (TPSA) is 66.8 Å². The number of amides is 1. The zero-order valence-corrected chi connectivity index (χ0v) is 18.7. The van der Waals surface area contributed by atoms with Crippen molar-refractivity contribution in [3.05, 3.63) is 72.2 Å². The molecule has 0 spiro atoms. The fraction of sp³-hybridized carbons (Fsp3) is 0.346. The van der Waals surface area contributed by atoms with Crippen molar-refractivity contribution < 1.29 is 4.79 Å². The molecule has 32 heavy (non-hydrogen) atoms. The van der Waals surface area contributed by atoms with E-state index in [1.54, 1.807) is 0 Å². The number of likely N-dealkylation sites (tertiary alicyclic amines) is 1. The third kappa shape index (κ3) is 4.17. The molecule has 2 unspecified atom stereocenters. The van der Waals surface area contributed by atoms with Crippen LogP contribution in [0.3, 0.4) is 0 Å². The molecular formula is C26H29N5O. The Bertz CT molecular complexity index is 1230. The predicted octanol–water partition coefficient (Wildman–Crippen LogP) is 4.60. The number of carbonyl (C=O) groups excluding carboxylic acids is 1. The minimum Gasteiger partial charge on any atom is -0.340 e. The molecule has 3 heterocycles. The van der Waals surface area contributed by atoms with Crippen LogP contribution in [-0.2, 0) is 17.8 Å². The Morgan fingerprint density at radius 1 is 1.16 bits per heavy atom. The maximum Gasteiger partial charge on any atom is 0.223 e. The fourth-order valence-electron chi connectivity index (χ4n) is 4.95. The highest BCUT2D eigenvalue weighted by atomic mass is 16.2. The summed E-state index contributed by atoms with van der Waals surface area (Å²) >= 11 is 0. The van der Waals surface area contributed by atoms with E-state index in [-0.39, 0.29) is 11.9 Å². The first kappa shape index (κ1) is 20.5. The highest BCUT2D eigenvalue weighted by molar-refractivity contribution is 5.84. The minimum absolute atomic E-state index is 0.261. The Balaban J connectivity index is 1.23. The lowest BCUT2D eigenvalue weighted by Crippen LogP contribution is -2.34. The van der Waals surface area contributed by atoms with Crippen LogP contribution >= 0.6 is 0 Å². The smallest absolute Gasteiger partial charge is 0.223 e. The molecule has 1 aliphatic rings. The zero-order valence-electron chi connectivity index (χ0n) is 18.7. The number of benzene rings is 2. The molecule has 0 bridgehead atoms. The van der Waals surface area contributed by atoms with E-state index in [2.05, 4.69) is 81.2 Å². The van der Waals surface area contributed by atoms with Gasteiger partial charge in [0.15, 0.2) is 0 Å². The zero-order chi connectivity index (χ0) is 22.1. The van der Waals surface area contributed by atoms with E-state index in [1.165, 1.54) is 11.1 Å². The van der Waals surface area contributed by atoms with Gasteiger partial charge in [0.2, 0.25) is 5.91 Å². The van der Waals surface area contributed by atoms with Crippen molar-refractivity contribution in [2.24, 2.45) is 5.92 Å². The molecule has 0 aliphatic carbocycles. The van der Waals surface area contributed by atoms with Crippen molar-refractivity contribution in [2.45, 2.75) is 45.7 Å². The third-order valence-electron chi connectivity index (χ3n) is 6.60. The summed E-state index contributed by atoms with van der Waals surface area (Å²) in [5.74, 6) is 0.682. The van der Waals surface area contributed by atoms with Crippen molar-refractivity contribution in [3.8, 4) is 11.1 Å². The molecule has 2 aromatic carbocycles. The van der Waals surface area contributed by atoms with E-state index < -0.39 is 0 Å². The van der Waals surface area contributed by atoms with E-state index in [1.807, 2.05) is 18.6 Å². The first-order valence-electron chi connectivity index (χ1n) is 11.4. The molecule has 2 atom stereocenters. The van der Waals surface area contributed by atoms with E-state index in [4.69, 9.17) is 0 Å². The standard InChI is InChI=1S/C26H29N5O/c1-18-4-3-5-20(10-18)6-9-26(32)30-16-21(11-19(30)2)17-31-25-8-7-22(12-23(25)15-29-31)24-13-27-28-14-24/h3-5,7-8,10,12-15,19,21H,6,9,11,16-17H2,1-2H3,(H,27,28). The lowest BCUT2D eigenvalue weighted by molar-refractivity contribution is -0.131. The van der Waals surface area contributed by atoms with Crippen LogP contribution < -0.4 is 0 Å². The molecule has 5 rings (SSSR count). The molecule has 1 N–H and O–H groups in total. The maximum absolute atomic E-state index is 12.9. The highest BCUT2D eigenvalue weighted by Crippen LogP contribution is 2.28. The van der Waals surface area contributed by atoms with Gasteiger partial charge in [-0.3, -0.25) is 14.6 Å². The Morgan fingerprint density at radius 2 is 2.06 bits per heavy atom. The second kappa shape index (κ2) is 8.61. The van der Waals surface area contributed by atoms with Gasteiger partial charge in [0.25, 0.3) is 0 Å². The van der Waals surface area contributed by atoms with Crippen molar-refractivity contribution >= 4 is 16.8 Å². The summed E-state index contributed by atoms with van der Waals surface area (Å²) in [4.78, 5) is 15.0. The van der Waals surface area contributed by atoms with Gasteiger partial charge in [0.1, 0.15) is 0 Å². The van der Waals surface area contributed by atoms with Gasteiger partial charge in [0, 0.05) is 42.7 Å². The van der Waals surface area contributed by atoms with Crippen LogP contribution in [0.2, 0.25) is 0 Å². The number of H-pyrrole nitrogens is 1. The molecule has 1 amide bonds. The Labute approximate surface area is 188 Å². The van der Waals surface area contributed by atoms with Crippen molar-refractivity contribution in [3.63, 3.8) is 0 Å². The van der Waals surface area contributed by atoms with Gasteiger partial charge in [-0.2, -0.15) is 10.2 Å². The normalized spacial score (nSPS) is 18.5. The lowest BCUT2D eigenvalue weighted by atomic mass is 10.1. The van der Waals surface area contributed by atoms with Crippen LogP contribution in [0.4, 0.5) is 0 Å². The van der Waals surface area contributed by atoms with Gasteiger partial charge >= 0.3 is 0 Å². The fourth-order valence-corrected chi connectivity index (χ4v) is 4.95. The quantitative estimate of drug-likeness (QED) is 0.489. The van der Waals surface area contributed by atoms with E-state index in [9.17, 15) is 4.79 Å². The Morgan fingerprint density at radius 3 is 2.88 bits per heavy atom. The average molecular weight is 428 g/mol. The maximum atomic E-state index is 12.9. The van der Waals surface area contributed by atoms with Gasteiger partial charge in [-0.15, -0.1) is 0 Å². The molecule has 4 aromatic rings. The lowest BCUT2D eigenvalue weighted by Gasteiger charge is -2.21. The first-order chi connectivity index (χ1) is 15.6. The van der Waals surface area contributed by atoms with Crippen LogP contribution in [0.15, 0.2) is 61.1 Å². The van der Waals surface area contributed by atoms with Crippen LogP contribution in [0.1, 0.15) is 30.9 Å². The number of hydrogen-bond acceptors (Lipinski definition) is 3. The number of fused-ring (bicyclic) bond motifs is 1. The van der Waals surface area contributed by atoms with Crippen LogP contribution in [0.25, 0.3) is 22.0 Å². The van der Waals surface area contributed by atoms with Crippen molar-refractivity contribution in [1.82, 2.24) is 24.9 Å². The SMILES string of the molecule is Cc1cccc(CCC(=O)N2CC(Cn3ncc4cc(-c5cn[nH]c5)ccc43)CC2C)c1. The summed E-state index contributed by atoms with van der Waals surface area (Å²) in [7, 11) is 0. The summed E-state index contributed by atoms with van der Waals surface area (Å²) in [6.45, 7) is 5.90. The number of rotatable bonds is 6. The molecule has 0 radical (unpaired) electrons. The minimum atomic E-state index is 0.261.